The third-order valence-electron chi connectivity index (χ3n) is 6.94. The number of nitrogens with zero attached hydrogens (tertiary/aromatic N) is 4. The minimum absolute atomic E-state index is 0.140. The first-order valence-electron chi connectivity index (χ1n) is 11.6. The fourth-order valence-corrected chi connectivity index (χ4v) is 4.60. The van der Waals surface area contributed by atoms with Crippen LogP contribution in [0.25, 0.3) is 16.9 Å². The number of alkyl halides is 3. The van der Waals surface area contributed by atoms with Crippen molar-refractivity contribution in [2.75, 3.05) is 18.0 Å². The number of anilines is 1. The fraction of sp³-hybridized carbons (Fsp3) is 0.417. The molecule has 1 saturated heterocycles. The summed E-state index contributed by atoms with van der Waals surface area (Å²) in [5, 5.41) is 11.7. The van der Waals surface area contributed by atoms with E-state index in [1.165, 1.54) is 12.1 Å². The van der Waals surface area contributed by atoms with Gasteiger partial charge in [-0.2, -0.15) is 13.2 Å². The molecule has 0 bridgehead atoms. The van der Waals surface area contributed by atoms with E-state index in [1.807, 2.05) is 5.32 Å². The molecule has 2 unspecified atom stereocenters. The average Bonchev–Trinajstić information content (AvgIpc) is 3.60. The van der Waals surface area contributed by atoms with Crippen molar-refractivity contribution in [3.05, 3.63) is 58.0 Å². The van der Waals surface area contributed by atoms with Crippen LogP contribution in [0.4, 0.5) is 27.8 Å². The van der Waals surface area contributed by atoms with Crippen molar-refractivity contribution in [3.8, 4) is 5.82 Å². The van der Waals surface area contributed by atoms with Gasteiger partial charge in [0.05, 0.1) is 17.7 Å². The lowest BCUT2D eigenvalue weighted by molar-refractivity contribution is -0.194. The molecule has 2 N–H and O–H groups in total. The van der Waals surface area contributed by atoms with E-state index in [0.29, 0.717) is 24.8 Å². The summed E-state index contributed by atoms with van der Waals surface area (Å²) in [7, 11) is 0. The molecule has 0 aromatic carbocycles. The van der Waals surface area contributed by atoms with Crippen LogP contribution in [-0.2, 0) is 0 Å². The van der Waals surface area contributed by atoms with E-state index < -0.39 is 58.1 Å². The van der Waals surface area contributed by atoms with Crippen LogP contribution in [0, 0.1) is 17.6 Å². The number of aliphatic hydroxyl groups is 1. The predicted octanol–water partition coefficient (Wildman–Crippen LogP) is 3.09. The SMILES string of the molecule is CC(NC(=O)c1cn(-c2ncc(F)cc2F)c2nc(N3CCC(O)C3)ccc2c1=O)(C1CC1)C(F)(F)F. The van der Waals surface area contributed by atoms with Crippen LogP contribution in [0.5, 0.6) is 0 Å². The zero-order valence-corrected chi connectivity index (χ0v) is 19.5. The summed E-state index contributed by atoms with van der Waals surface area (Å²) in [4.78, 5) is 36.2. The summed E-state index contributed by atoms with van der Waals surface area (Å²) in [5.41, 5.74) is -4.29. The predicted molar refractivity (Wildman–Crippen MR) is 123 cm³/mol. The van der Waals surface area contributed by atoms with Crippen molar-refractivity contribution in [2.24, 2.45) is 5.92 Å². The summed E-state index contributed by atoms with van der Waals surface area (Å²) in [6.07, 6.45) is -2.77. The Labute approximate surface area is 206 Å². The monoisotopic (exact) mass is 523 g/mol. The van der Waals surface area contributed by atoms with Gasteiger partial charge in [0.1, 0.15) is 22.7 Å². The lowest BCUT2D eigenvalue weighted by Crippen LogP contribution is -2.58. The van der Waals surface area contributed by atoms with Gasteiger partial charge >= 0.3 is 6.18 Å². The minimum atomic E-state index is -4.78. The third kappa shape index (κ3) is 4.41. The van der Waals surface area contributed by atoms with Crippen LogP contribution >= 0.6 is 0 Å². The summed E-state index contributed by atoms with van der Waals surface area (Å²) >= 11 is 0. The summed E-state index contributed by atoms with van der Waals surface area (Å²) < 4.78 is 70.8. The Morgan fingerprint density at radius 2 is 1.92 bits per heavy atom. The van der Waals surface area contributed by atoms with Crippen LogP contribution in [0.2, 0.25) is 0 Å². The Bertz CT molecular complexity index is 1460. The Morgan fingerprint density at radius 3 is 2.51 bits per heavy atom. The van der Waals surface area contributed by atoms with Gasteiger partial charge in [0.2, 0.25) is 5.43 Å². The van der Waals surface area contributed by atoms with E-state index in [0.717, 1.165) is 23.9 Å². The first-order valence-corrected chi connectivity index (χ1v) is 11.6. The maximum Gasteiger partial charge on any atom is 0.411 e. The number of amides is 1. The number of pyridine rings is 3. The molecule has 1 aliphatic carbocycles. The maximum absolute atomic E-state index is 14.8. The number of carbonyl (C=O) groups excluding carboxylic acids is 1. The standard InChI is InChI=1S/C24H22F5N5O3/c1-23(12-2-3-12,24(27,28)29)32-22(37)16-11-34(21-17(26)8-13(25)9-30-21)20-15(19(16)36)4-5-18(31-20)33-7-6-14(35)10-33/h4-5,8-9,11-12,14,35H,2-3,6-7,10H2,1H3,(H,32,37). The molecule has 1 saturated carbocycles. The summed E-state index contributed by atoms with van der Waals surface area (Å²) in [6, 6.07) is 3.33. The van der Waals surface area contributed by atoms with E-state index in [-0.39, 0.29) is 30.4 Å². The van der Waals surface area contributed by atoms with Gasteiger partial charge in [-0.25, -0.2) is 18.7 Å². The molecule has 1 aliphatic heterocycles. The van der Waals surface area contributed by atoms with Gasteiger partial charge in [0, 0.05) is 25.4 Å². The molecule has 5 rings (SSSR count). The maximum atomic E-state index is 14.8. The van der Waals surface area contributed by atoms with Crippen molar-refractivity contribution in [3.63, 3.8) is 0 Å². The fourth-order valence-electron chi connectivity index (χ4n) is 4.60. The highest BCUT2D eigenvalue weighted by atomic mass is 19.4. The third-order valence-corrected chi connectivity index (χ3v) is 6.94. The highest BCUT2D eigenvalue weighted by Gasteiger charge is 2.60. The largest absolute Gasteiger partial charge is 0.411 e. The average molecular weight is 523 g/mol. The first kappa shape index (κ1) is 25.1. The molecule has 1 amide bonds. The first-order chi connectivity index (χ1) is 17.4. The quantitative estimate of drug-likeness (QED) is 0.499. The van der Waals surface area contributed by atoms with E-state index in [1.54, 1.807) is 4.90 Å². The van der Waals surface area contributed by atoms with Gasteiger partial charge < -0.3 is 15.3 Å². The van der Waals surface area contributed by atoms with Gasteiger partial charge in [-0.15, -0.1) is 0 Å². The zero-order chi connectivity index (χ0) is 26.7. The topological polar surface area (TPSA) is 100 Å². The number of nitrogens with one attached hydrogen (secondary N) is 1. The van der Waals surface area contributed by atoms with Crippen LogP contribution in [0.15, 0.2) is 35.4 Å². The normalized spacial score (nSPS) is 19.8. The van der Waals surface area contributed by atoms with Gasteiger partial charge in [-0.05, 0) is 44.2 Å². The number of fused-ring (bicyclic) bond motifs is 1. The lowest BCUT2D eigenvalue weighted by Gasteiger charge is -2.33. The Kier molecular flexibility index (Phi) is 5.93. The van der Waals surface area contributed by atoms with Gasteiger partial charge in [0.25, 0.3) is 5.91 Å². The molecule has 196 valence electrons. The van der Waals surface area contributed by atoms with Crippen molar-refractivity contribution >= 4 is 22.8 Å². The number of halogens is 5. The van der Waals surface area contributed by atoms with Crippen LogP contribution < -0.4 is 15.6 Å². The van der Waals surface area contributed by atoms with Crippen molar-refractivity contribution in [2.45, 2.75) is 44.0 Å². The Hall–Kier alpha value is -3.61. The highest BCUT2D eigenvalue weighted by molar-refractivity contribution is 5.97. The van der Waals surface area contributed by atoms with Crippen LogP contribution in [0.3, 0.4) is 0 Å². The molecule has 3 aromatic rings. The second kappa shape index (κ2) is 8.75. The number of carbonyl (C=O) groups is 1. The van der Waals surface area contributed by atoms with E-state index in [9.17, 15) is 36.6 Å². The molecule has 8 nitrogen and oxygen atoms in total. The molecule has 2 fully saturated rings. The number of aliphatic hydroxyl groups excluding tert-OH is 1. The second-order valence-electron chi connectivity index (χ2n) is 9.56. The molecule has 4 heterocycles. The number of aromatic nitrogens is 3. The summed E-state index contributed by atoms with van der Waals surface area (Å²) in [6.45, 7) is 1.59. The van der Waals surface area contributed by atoms with Gasteiger partial charge in [0.15, 0.2) is 17.3 Å². The zero-order valence-electron chi connectivity index (χ0n) is 19.5. The molecule has 2 aliphatic rings. The molecule has 0 spiro atoms. The number of hydrogen-bond donors (Lipinski definition) is 2. The number of rotatable bonds is 5. The number of hydrogen-bond acceptors (Lipinski definition) is 6. The minimum Gasteiger partial charge on any atom is -0.391 e. The Morgan fingerprint density at radius 1 is 1.19 bits per heavy atom. The molecular weight excluding hydrogens is 501 g/mol. The number of β-amino-alcohol motifs (C(OH)–C–C–N with tert-alkyl or cyclic N) is 1. The highest BCUT2D eigenvalue weighted by Crippen LogP contribution is 2.48. The van der Waals surface area contributed by atoms with E-state index in [4.69, 9.17) is 0 Å². The van der Waals surface area contributed by atoms with Crippen molar-refractivity contribution in [1.82, 2.24) is 19.9 Å². The summed E-state index contributed by atoms with van der Waals surface area (Å²) in [5.74, 6) is -4.41. The molecule has 13 heteroatoms. The molecule has 2 atom stereocenters. The van der Waals surface area contributed by atoms with Crippen molar-refractivity contribution in [1.29, 1.82) is 0 Å². The molecule has 37 heavy (non-hydrogen) atoms. The Balaban J connectivity index is 1.67. The molecule has 3 aromatic heterocycles. The molecular formula is C24H22F5N5O3. The second-order valence-corrected chi connectivity index (χ2v) is 9.56. The molecule has 0 radical (unpaired) electrons. The van der Waals surface area contributed by atoms with E-state index in [2.05, 4.69) is 9.97 Å². The van der Waals surface area contributed by atoms with Gasteiger partial charge in [-0.1, -0.05) is 0 Å². The smallest absolute Gasteiger partial charge is 0.391 e. The van der Waals surface area contributed by atoms with Crippen LogP contribution in [0.1, 0.15) is 36.5 Å². The van der Waals surface area contributed by atoms with Crippen molar-refractivity contribution < 1.29 is 31.9 Å². The van der Waals surface area contributed by atoms with Crippen LogP contribution in [-0.4, -0.2) is 56.5 Å². The van der Waals surface area contributed by atoms with E-state index >= 15 is 0 Å². The van der Waals surface area contributed by atoms with Gasteiger partial charge in [-0.3, -0.25) is 14.2 Å². The lowest BCUT2D eigenvalue weighted by atomic mass is 9.94.